The van der Waals surface area contributed by atoms with Gasteiger partial charge in [-0.05, 0) is 54.1 Å². The summed E-state index contributed by atoms with van der Waals surface area (Å²) in [5, 5.41) is 11.4. The first kappa shape index (κ1) is 18.6. The Balaban J connectivity index is 1.62. The quantitative estimate of drug-likeness (QED) is 0.614. The van der Waals surface area contributed by atoms with Crippen molar-refractivity contribution >= 4 is 5.91 Å². The van der Waals surface area contributed by atoms with Crippen LogP contribution in [0.4, 0.5) is 0 Å². The normalized spacial score (nSPS) is 10.6. The molecule has 3 aromatic rings. The van der Waals surface area contributed by atoms with Crippen molar-refractivity contribution in [2.75, 3.05) is 6.54 Å². The van der Waals surface area contributed by atoms with Crippen LogP contribution in [0.1, 0.15) is 35.6 Å². The van der Waals surface area contributed by atoms with Gasteiger partial charge in [-0.2, -0.15) is 0 Å². The number of tetrazole rings is 1. The molecule has 2 aromatic carbocycles. The smallest absolute Gasteiger partial charge is 0.254 e. The summed E-state index contributed by atoms with van der Waals surface area (Å²) in [6.07, 6.45) is 0. The monoisotopic (exact) mass is 365 g/mol. The molecular formula is C20H23N5O2. The van der Waals surface area contributed by atoms with E-state index in [9.17, 15) is 4.79 Å². The average molecular weight is 365 g/mol. The highest BCUT2D eigenvalue weighted by Crippen LogP contribution is 2.16. The summed E-state index contributed by atoms with van der Waals surface area (Å²) in [5.41, 5.74) is 1.75. The van der Waals surface area contributed by atoms with Crippen molar-refractivity contribution in [2.45, 2.75) is 33.5 Å². The van der Waals surface area contributed by atoms with Crippen LogP contribution in [0.15, 0.2) is 54.6 Å². The topological polar surface area (TPSA) is 73.1 Å². The lowest BCUT2D eigenvalue weighted by Gasteiger charge is -2.21. The SMILES string of the molecule is CCN(Cc1ccccc1)C(=O)c1ccc(OCc2nnnn2CC)cc1. The van der Waals surface area contributed by atoms with Crippen molar-refractivity contribution in [3.05, 3.63) is 71.5 Å². The number of nitrogens with zero attached hydrogens (tertiary/aromatic N) is 5. The van der Waals surface area contributed by atoms with E-state index < -0.39 is 0 Å². The number of benzene rings is 2. The number of amides is 1. The Hall–Kier alpha value is -3.22. The molecule has 7 heteroatoms. The lowest BCUT2D eigenvalue weighted by atomic mass is 10.1. The summed E-state index contributed by atoms with van der Waals surface area (Å²) < 4.78 is 7.40. The van der Waals surface area contributed by atoms with Gasteiger partial charge < -0.3 is 9.64 Å². The minimum absolute atomic E-state index is 0.00262. The lowest BCUT2D eigenvalue weighted by Crippen LogP contribution is -2.30. The highest BCUT2D eigenvalue weighted by atomic mass is 16.5. The van der Waals surface area contributed by atoms with Gasteiger partial charge in [-0.1, -0.05) is 30.3 Å². The van der Waals surface area contributed by atoms with Crippen LogP contribution in [0.2, 0.25) is 0 Å². The molecule has 0 atom stereocenters. The Morgan fingerprint density at radius 3 is 2.48 bits per heavy atom. The Kier molecular flexibility index (Phi) is 6.14. The molecule has 0 spiro atoms. The Morgan fingerprint density at radius 2 is 1.81 bits per heavy atom. The Labute approximate surface area is 158 Å². The number of rotatable bonds is 8. The van der Waals surface area contributed by atoms with Crippen LogP contribution < -0.4 is 4.74 Å². The van der Waals surface area contributed by atoms with Gasteiger partial charge in [0.2, 0.25) is 0 Å². The standard InChI is InChI=1S/C20H23N5O2/c1-3-24(14-16-8-6-5-7-9-16)20(26)17-10-12-18(13-11-17)27-15-19-21-22-23-25(19)4-2/h5-13H,3-4,14-15H2,1-2H3. The summed E-state index contributed by atoms with van der Waals surface area (Å²) in [6.45, 7) is 6.15. The second-order valence-corrected chi connectivity index (χ2v) is 6.03. The van der Waals surface area contributed by atoms with E-state index in [1.807, 2.05) is 49.1 Å². The fourth-order valence-corrected chi connectivity index (χ4v) is 2.73. The third kappa shape index (κ3) is 4.69. The minimum atomic E-state index is 0.00262. The van der Waals surface area contributed by atoms with Crippen LogP contribution >= 0.6 is 0 Å². The zero-order chi connectivity index (χ0) is 19.1. The number of aromatic nitrogens is 4. The van der Waals surface area contributed by atoms with Crippen LogP contribution in [0.3, 0.4) is 0 Å². The molecule has 1 heterocycles. The molecular weight excluding hydrogens is 342 g/mol. The molecule has 0 saturated carbocycles. The van der Waals surface area contributed by atoms with E-state index in [-0.39, 0.29) is 12.5 Å². The summed E-state index contributed by atoms with van der Waals surface area (Å²) >= 11 is 0. The molecule has 7 nitrogen and oxygen atoms in total. The molecule has 3 rings (SSSR count). The van der Waals surface area contributed by atoms with Gasteiger partial charge >= 0.3 is 0 Å². The average Bonchev–Trinajstić information content (AvgIpc) is 3.19. The number of ether oxygens (including phenoxy) is 1. The zero-order valence-corrected chi connectivity index (χ0v) is 15.6. The summed E-state index contributed by atoms with van der Waals surface area (Å²) in [5.74, 6) is 1.34. The van der Waals surface area contributed by atoms with E-state index in [0.717, 1.165) is 5.56 Å². The van der Waals surface area contributed by atoms with Gasteiger partial charge in [0.25, 0.3) is 5.91 Å². The molecule has 0 N–H and O–H groups in total. The third-order valence-electron chi connectivity index (χ3n) is 4.26. The van der Waals surface area contributed by atoms with Gasteiger partial charge in [-0.15, -0.1) is 5.10 Å². The second kappa shape index (κ2) is 8.93. The fourth-order valence-electron chi connectivity index (χ4n) is 2.73. The lowest BCUT2D eigenvalue weighted by molar-refractivity contribution is 0.0752. The van der Waals surface area contributed by atoms with Gasteiger partial charge in [0, 0.05) is 25.2 Å². The molecule has 0 aliphatic rings. The molecule has 0 bridgehead atoms. The molecule has 1 aromatic heterocycles. The van der Waals surface area contributed by atoms with Crippen LogP contribution in [-0.4, -0.2) is 37.6 Å². The molecule has 140 valence electrons. The van der Waals surface area contributed by atoms with Crippen molar-refractivity contribution in [1.82, 2.24) is 25.1 Å². The molecule has 0 fully saturated rings. The first-order chi connectivity index (χ1) is 13.2. The van der Waals surface area contributed by atoms with Crippen LogP contribution in [0.25, 0.3) is 0 Å². The van der Waals surface area contributed by atoms with Gasteiger partial charge in [-0.3, -0.25) is 4.79 Å². The van der Waals surface area contributed by atoms with Crippen LogP contribution in [0, 0.1) is 0 Å². The fraction of sp³-hybridized carbons (Fsp3) is 0.300. The van der Waals surface area contributed by atoms with Crippen molar-refractivity contribution in [2.24, 2.45) is 0 Å². The summed E-state index contributed by atoms with van der Waals surface area (Å²) in [6, 6.07) is 17.1. The molecule has 0 unspecified atom stereocenters. The maximum atomic E-state index is 12.8. The van der Waals surface area contributed by atoms with E-state index in [2.05, 4.69) is 15.5 Å². The van der Waals surface area contributed by atoms with E-state index >= 15 is 0 Å². The maximum absolute atomic E-state index is 12.8. The van der Waals surface area contributed by atoms with E-state index in [1.54, 1.807) is 28.9 Å². The molecule has 0 saturated heterocycles. The second-order valence-electron chi connectivity index (χ2n) is 6.03. The van der Waals surface area contributed by atoms with Crippen molar-refractivity contribution in [1.29, 1.82) is 0 Å². The first-order valence-electron chi connectivity index (χ1n) is 9.02. The van der Waals surface area contributed by atoms with Gasteiger partial charge in [0.1, 0.15) is 12.4 Å². The van der Waals surface area contributed by atoms with E-state index in [1.165, 1.54) is 0 Å². The van der Waals surface area contributed by atoms with Crippen LogP contribution in [0.5, 0.6) is 5.75 Å². The highest BCUT2D eigenvalue weighted by molar-refractivity contribution is 5.94. The highest BCUT2D eigenvalue weighted by Gasteiger charge is 2.14. The predicted molar refractivity (Wildman–Crippen MR) is 101 cm³/mol. The zero-order valence-electron chi connectivity index (χ0n) is 15.6. The maximum Gasteiger partial charge on any atom is 0.254 e. The number of hydrogen-bond acceptors (Lipinski definition) is 5. The molecule has 0 aliphatic heterocycles. The molecule has 0 aliphatic carbocycles. The Morgan fingerprint density at radius 1 is 1.07 bits per heavy atom. The largest absolute Gasteiger partial charge is 0.486 e. The van der Waals surface area contributed by atoms with Crippen molar-refractivity contribution < 1.29 is 9.53 Å². The number of hydrogen-bond donors (Lipinski definition) is 0. The minimum Gasteiger partial charge on any atom is -0.486 e. The van der Waals surface area contributed by atoms with Gasteiger partial charge in [0.05, 0.1) is 0 Å². The predicted octanol–water partition coefficient (Wildman–Crippen LogP) is 2.93. The van der Waals surface area contributed by atoms with Gasteiger partial charge in [0.15, 0.2) is 5.82 Å². The third-order valence-corrected chi connectivity index (χ3v) is 4.26. The van der Waals surface area contributed by atoms with Gasteiger partial charge in [-0.25, -0.2) is 4.68 Å². The molecule has 0 radical (unpaired) electrons. The van der Waals surface area contributed by atoms with E-state index in [4.69, 9.17) is 4.74 Å². The van der Waals surface area contributed by atoms with E-state index in [0.29, 0.717) is 36.8 Å². The number of carbonyl (C=O) groups excluding carboxylic acids is 1. The van der Waals surface area contributed by atoms with Crippen molar-refractivity contribution in [3.8, 4) is 5.75 Å². The molecule has 1 amide bonds. The summed E-state index contributed by atoms with van der Waals surface area (Å²) in [4.78, 5) is 14.6. The Bertz CT molecular complexity index is 862. The van der Waals surface area contributed by atoms with Crippen LogP contribution in [-0.2, 0) is 19.7 Å². The van der Waals surface area contributed by atoms with Crippen molar-refractivity contribution in [3.63, 3.8) is 0 Å². The summed E-state index contributed by atoms with van der Waals surface area (Å²) in [7, 11) is 0. The first-order valence-corrected chi connectivity index (χ1v) is 9.02. The number of carbonyl (C=O) groups is 1. The number of aryl methyl sites for hydroxylation is 1. The molecule has 27 heavy (non-hydrogen) atoms.